The summed E-state index contributed by atoms with van der Waals surface area (Å²) in [4.78, 5) is 0. The summed E-state index contributed by atoms with van der Waals surface area (Å²) < 4.78 is 0. The fraction of sp³-hybridized carbons (Fsp3) is 0.429. The fourth-order valence-electron chi connectivity index (χ4n) is 5.07. The van der Waals surface area contributed by atoms with Gasteiger partial charge in [-0.3, -0.25) is 0 Å². The average molecular weight is 308 g/mol. The van der Waals surface area contributed by atoms with Gasteiger partial charge in [0.05, 0.1) is 0 Å². The van der Waals surface area contributed by atoms with Crippen molar-refractivity contribution >= 4 is 0 Å². The van der Waals surface area contributed by atoms with Crippen LogP contribution in [0.4, 0.5) is 0 Å². The van der Waals surface area contributed by atoms with E-state index < -0.39 is 0 Å². The lowest BCUT2D eigenvalue weighted by atomic mass is 9.58. The summed E-state index contributed by atoms with van der Waals surface area (Å²) in [6.07, 6.45) is 5.07. The van der Waals surface area contributed by atoms with Crippen molar-refractivity contribution in [3.8, 4) is 11.5 Å². The number of benzene rings is 2. The van der Waals surface area contributed by atoms with Crippen molar-refractivity contribution in [3.05, 3.63) is 59.2 Å². The average Bonchev–Trinajstić information content (AvgIpc) is 2.56. The normalized spacial score (nSPS) is 29.6. The van der Waals surface area contributed by atoms with Crippen LogP contribution < -0.4 is 0 Å². The zero-order valence-electron chi connectivity index (χ0n) is 13.6. The Hall–Kier alpha value is -1.96. The van der Waals surface area contributed by atoms with Crippen LogP contribution in [0.5, 0.6) is 11.5 Å². The quantitative estimate of drug-likeness (QED) is 0.753. The van der Waals surface area contributed by atoms with Crippen molar-refractivity contribution in [3.63, 3.8) is 0 Å². The van der Waals surface area contributed by atoms with E-state index >= 15 is 0 Å². The highest BCUT2D eigenvalue weighted by Crippen LogP contribution is 2.56. The molecule has 0 saturated heterocycles. The summed E-state index contributed by atoms with van der Waals surface area (Å²) in [5.41, 5.74) is 4.10. The van der Waals surface area contributed by atoms with Crippen LogP contribution in [0.3, 0.4) is 0 Å². The largest absolute Gasteiger partial charge is 0.508 e. The first-order chi connectivity index (χ1) is 11.1. The maximum absolute atomic E-state index is 9.95. The minimum Gasteiger partial charge on any atom is -0.508 e. The molecule has 0 radical (unpaired) electrons. The predicted octanol–water partition coefficient (Wildman–Crippen LogP) is 5.27. The van der Waals surface area contributed by atoms with Crippen LogP contribution >= 0.6 is 0 Å². The monoisotopic (exact) mass is 308 g/mol. The van der Waals surface area contributed by atoms with Crippen molar-refractivity contribution in [2.24, 2.45) is 5.92 Å². The second-order valence-electron chi connectivity index (χ2n) is 7.27. The molecular weight excluding hydrogens is 284 g/mol. The molecule has 0 heterocycles. The Labute approximate surface area is 137 Å². The topological polar surface area (TPSA) is 40.5 Å². The molecule has 4 atom stereocenters. The number of hydrogen-bond donors (Lipinski definition) is 2. The van der Waals surface area contributed by atoms with E-state index in [2.05, 4.69) is 25.1 Å². The van der Waals surface area contributed by atoms with Crippen molar-refractivity contribution in [2.45, 2.75) is 50.4 Å². The number of fused-ring (bicyclic) bond motifs is 3. The van der Waals surface area contributed by atoms with E-state index in [1.807, 2.05) is 24.3 Å². The SMILES string of the molecule is CC1c2ccc(O)cc2C2CCCCC2C1c1ccc(O)cc1. The first-order valence-corrected chi connectivity index (χ1v) is 8.77. The van der Waals surface area contributed by atoms with E-state index in [1.54, 1.807) is 0 Å². The summed E-state index contributed by atoms with van der Waals surface area (Å²) in [6, 6.07) is 13.8. The van der Waals surface area contributed by atoms with Crippen LogP contribution in [0.25, 0.3) is 0 Å². The second kappa shape index (κ2) is 5.59. The Morgan fingerprint density at radius 2 is 1.52 bits per heavy atom. The van der Waals surface area contributed by atoms with Crippen LogP contribution in [0, 0.1) is 5.92 Å². The van der Waals surface area contributed by atoms with Crippen LogP contribution in [0.15, 0.2) is 42.5 Å². The molecule has 2 heteroatoms. The summed E-state index contributed by atoms with van der Waals surface area (Å²) in [5, 5.41) is 19.6. The van der Waals surface area contributed by atoms with Gasteiger partial charge in [-0.25, -0.2) is 0 Å². The Morgan fingerprint density at radius 3 is 2.30 bits per heavy atom. The number of hydrogen-bond acceptors (Lipinski definition) is 2. The van der Waals surface area contributed by atoms with Gasteiger partial charge in [-0.05, 0) is 77.5 Å². The third kappa shape index (κ3) is 2.41. The van der Waals surface area contributed by atoms with Crippen LogP contribution in [0.2, 0.25) is 0 Å². The Kier molecular flexibility index (Phi) is 3.56. The molecule has 23 heavy (non-hydrogen) atoms. The van der Waals surface area contributed by atoms with Crippen molar-refractivity contribution < 1.29 is 10.2 Å². The molecular formula is C21H24O2. The highest BCUT2D eigenvalue weighted by molar-refractivity contribution is 5.45. The number of phenolic OH excluding ortho intramolecular Hbond substituents is 2. The maximum atomic E-state index is 9.95. The Balaban J connectivity index is 1.83. The van der Waals surface area contributed by atoms with Gasteiger partial charge in [-0.2, -0.15) is 0 Å². The molecule has 2 N–H and O–H groups in total. The van der Waals surface area contributed by atoms with Crippen LogP contribution in [-0.4, -0.2) is 10.2 Å². The third-order valence-corrected chi connectivity index (χ3v) is 6.06. The van der Waals surface area contributed by atoms with Gasteiger partial charge in [0.2, 0.25) is 0 Å². The van der Waals surface area contributed by atoms with Gasteiger partial charge >= 0.3 is 0 Å². The summed E-state index contributed by atoms with van der Waals surface area (Å²) in [5.74, 6) is 2.86. The van der Waals surface area contributed by atoms with Gasteiger partial charge in [-0.15, -0.1) is 0 Å². The first kappa shape index (κ1) is 14.6. The Bertz CT molecular complexity index is 704. The van der Waals surface area contributed by atoms with E-state index in [4.69, 9.17) is 0 Å². The van der Waals surface area contributed by atoms with Gasteiger partial charge in [0.25, 0.3) is 0 Å². The highest BCUT2D eigenvalue weighted by atomic mass is 16.3. The zero-order chi connectivity index (χ0) is 16.0. The number of rotatable bonds is 1. The van der Waals surface area contributed by atoms with Gasteiger partial charge in [0.15, 0.2) is 0 Å². The zero-order valence-corrected chi connectivity index (χ0v) is 13.6. The van der Waals surface area contributed by atoms with E-state index in [9.17, 15) is 10.2 Å². The maximum Gasteiger partial charge on any atom is 0.115 e. The van der Waals surface area contributed by atoms with Gasteiger partial charge in [0.1, 0.15) is 11.5 Å². The van der Waals surface area contributed by atoms with E-state index in [-0.39, 0.29) is 0 Å². The molecule has 4 rings (SSSR count). The fourth-order valence-corrected chi connectivity index (χ4v) is 5.07. The highest BCUT2D eigenvalue weighted by Gasteiger charge is 2.42. The Morgan fingerprint density at radius 1 is 0.826 bits per heavy atom. The standard InChI is InChI=1S/C21H24O2/c1-13-17-11-10-16(23)12-20(17)18-4-2-3-5-19(18)21(13)14-6-8-15(22)9-7-14/h6-13,18-19,21-23H,2-5H2,1H3. The van der Waals surface area contributed by atoms with Crippen molar-refractivity contribution in [2.75, 3.05) is 0 Å². The lowest BCUT2D eigenvalue weighted by molar-refractivity contribution is 0.223. The molecule has 0 bridgehead atoms. The van der Waals surface area contributed by atoms with E-state index in [0.29, 0.717) is 35.2 Å². The molecule has 2 aromatic carbocycles. The van der Waals surface area contributed by atoms with Crippen molar-refractivity contribution in [1.29, 1.82) is 0 Å². The predicted molar refractivity (Wildman–Crippen MR) is 92.1 cm³/mol. The lowest BCUT2D eigenvalue weighted by Crippen LogP contribution is -2.32. The molecule has 1 fully saturated rings. The second-order valence-corrected chi connectivity index (χ2v) is 7.27. The summed E-state index contributed by atoms with van der Waals surface area (Å²) in [6.45, 7) is 2.32. The molecule has 2 aliphatic carbocycles. The minimum absolute atomic E-state index is 0.336. The van der Waals surface area contributed by atoms with Gasteiger partial charge < -0.3 is 10.2 Å². The lowest BCUT2D eigenvalue weighted by Gasteiger charge is -2.46. The van der Waals surface area contributed by atoms with Gasteiger partial charge in [-0.1, -0.05) is 38.0 Å². The van der Waals surface area contributed by atoms with E-state index in [1.165, 1.54) is 42.4 Å². The molecule has 1 saturated carbocycles. The summed E-state index contributed by atoms with van der Waals surface area (Å²) in [7, 11) is 0. The van der Waals surface area contributed by atoms with E-state index in [0.717, 1.165) is 0 Å². The molecule has 0 amide bonds. The molecule has 0 aromatic heterocycles. The first-order valence-electron chi connectivity index (χ1n) is 8.77. The number of aromatic hydroxyl groups is 2. The molecule has 2 aliphatic rings. The summed E-state index contributed by atoms with van der Waals surface area (Å²) >= 11 is 0. The van der Waals surface area contributed by atoms with Crippen molar-refractivity contribution in [1.82, 2.24) is 0 Å². The molecule has 120 valence electrons. The third-order valence-electron chi connectivity index (χ3n) is 6.06. The van der Waals surface area contributed by atoms with Crippen LogP contribution in [0.1, 0.15) is 67.1 Å². The molecule has 2 nitrogen and oxygen atoms in total. The molecule has 2 aromatic rings. The van der Waals surface area contributed by atoms with Crippen LogP contribution in [-0.2, 0) is 0 Å². The minimum atomic E-state index is 0.336. The molecule has 0 spiro atoms. The smallest absolute Gasteiger partial charge is 0.115 e. The van der Waals surface area contributed by atoms with Gasteiger partial charge in [0, 0.05) is 0 Å². The molecule has 4 unspecified atom stereocenters. The molecule has 0 aliphatic heterocycles. The number of phenols is 2.